The Bertz CT molecular complexity index is 1390. The van der Waals surface area contributed by atoms with Crippen LogP contribution in [0.3, 0.4) is 0 Å². The smallest absolute Gasteiger partial charge is 0.243 e. The summed E-state index contributed by atoms with van der Waals surface area (Å²) in [5.74, 6) is 0.323. The lowest BCUT2D eigenvalue weighted by Gasteiger charge is -2.26. The van der Waals surface area contributed by atoms with Crippen molar-refractivity contribution in [1.29, 1.82) is 0 Å². The van der Waals surface area contributed by atoms with Crippen LogP contribution in [0.15, 0.2) is 82.1 Å². The minimum Gasteiger partial charge on any atom is -0.436 e. The van der Waals surface area contributed by atoms with Gasteiger partial charge in [0.25, 0.3) is 0 Å². The molecule has 8 nitrogen and oxygen atoms in total. The summed E-state index contributed by atoms with van der Waals surface area (Å²) in [6.45, 7) is 1.38. The summed E-state index contributed by atoms with van der Waals surface area (Å²) in [6.07, 6.45) is 0. The van der Waals surface area contributed by atoms with Gasteiger partial charge in [-0.1, -0.05) is 24.3 Å². The predicted molar refractivity (Wildman–Crippen MR) is 128 cm³/mol. The zero-order valence-electron chi connectivity index (χ0n) is 18.3. The first-order chi connectivity index (χ1) is 16.5. The van der Waals surface area contributed by atoms with Gasteiger partial charge < -0.3 is 14.5 Å². The van der Waals surface area contributed by atoms with Crippen molar-refractivity contribution in [2.75, 3.05) is 38.2 Å². The molecule has 0 unspecified atom stereocenters. The van der Waals surface area contributed by atoms with Gasteiger partial charge in [-0.05, 0) is 48.5 Å². The molecule has 1 aromatic heterocycles. The van der Waals surface area contributed by atoms with E-state index in [1.54, 1.807) is 12.1 Å². The third-order valence-electron chi connectivity index (χ3n) is 5.64. The van der Waals surface area contributed by atoms with Crippen molar-refractivity contribution in [3.05, 3.63) is 78.4 Å². The standard InChI is InChI=1S/C25H23N3O5S/c29-23(19-4-3-5-21(16-19)34(30,31)28-12-14-32-15-13-28)17-26-20-10-8-18(9-11-20)25-27-22-6-1-2-7-24(22)33-25/h1-11,16,26H,12-15,17H2. The van der Waals surface area contributed by atoms with Gasteiger partial charge >= 0.3 is 0 Å². The Kier molecular flexibility index (Phi) is 6.14. The Balaban J connectivity index is 1.25. The average molecular weight is 478 g/mol. The molecule has 0 saturated carbocycles. The highest BCUT2D eigenvalue weighted by atomic mass is 32.2. The third-order valence-corrected chi connectivity index (χ3v) is 7.54. The highest BCUT2D eigenvalue weighted by Gasteiger charge is 2.26. The maximum absolute atomic E-state index is 12.9. The molecule has 4 aromatic rings. The molecular weight excluding hydrogens is 454 g/mol. The molecule has 1 aliphatic heterocycles. The highest BCUT2D eigenvalue weighted by molar-refractivity contribution is 7.89. The number of para-hydroxylation sites is 2. The number of nitrogens with one attached hydrogen (secondary N) is 1. The molecule has 1 aliphatic rings. The normalized spacial score (nSPS) is 14.8. The van der Waals surface area contributed by atoms with Gasteiger partial charge in [0.15, 0.2) is 11.4 Å². The van der Waals surface area contributed by atoms with E-state index in [0.717, 1.165) is 22.4 Å². The second-order valence-electron chi connectivity index (χ2n) is 7.89. The summed E-state index contributed by atoms with van der Waals surface area (Å²) >= 11 is 0. The van der Waals surface area contributed by atoms with Gasteiger partial charge in [0.1, 0.15) is 5.52 Å². The van der Waals surface area contributed by atoms with Crippen molar-refractivity contribution in [3.63, 3.8) is 0 Å². The van der Waals surface area contributed by atoms with E-state index in [4.69, 9.17) is 9.15 Å². The van der Waals surface area contributed by atoms with Gasteiger partial charge in [0, 0.05) is 29.9 Å². The topological polar surface area (TPSA) is 102 Å². The number of hydrogen-bond acceptors (Lipinski definition) is 7. The molecule has 1 N–H and O–H groups in total. The number of carbonyl (C=O) groups excluding carboxylic acids is 1. The lowest BCUT2D eigenvalue weighted by Crippen LogP contribution is -2.40. The number of benzene rings is 3. The van der Waals surface area contributed by atoms with Crippen LogP contribution in [0.4, 0.5) is 5.69 Å². The predicted octanol–water partition coefficient (Wildman–Crippen LogP) is 3.81. The van der Waals surface area contributed by atoms with E-state index in [2.05, 4.69) is 10.3 Å². The fraction of sp³-hybridized carbons (Fsp3) is 0.200. The molecule has 174 valence electrons. The molecule has 0 radical (unpaired) electrons. The van der Waals surface area contributed by atoms with E-state index in [-0.39, 0.29) is 17.2 Å². The number of ketones is 1. The number of morpholine rings is 1. The average Bonchev–Trinajstić information content (AvgIpc) is 3.32. The molecule has 0 atom stereocenters. The molecule has 2 heterocycles. The van der Waals surface area contributed by atoms with E-state index >= 15 is 0 Å². The van der Waals surface area contributed by atoms with E-state index in [0.29, 0.717) is 37.8 Å². The first-order valence-corrected chi connectivity index (χ1v) is 12.4. The van der Waals surface area contributed by atoms with Crippen molar-refractivity contribution in [2.45, 2.75) is 4.90 Å². The molecule has 34 heavy (non-hydrogen) atoms. The number of fused-ring (bicyclic) bond motifs is 1. The summed E-state index contributed by atoms with van der Waals surface area (Å²) in [7, 11) is -3.66. The van der Waals surface area contributed by atoms with Gasteiger partial charge in [-0.3, -0.25) is 4.79 Å². The largest absolute Gasteiger partial charge is 0.436 e. The van der Waals surface area contributed by atoms with E-state index in [1.165, 1.54) is 16.4 Å². The summed E-state index contributed by atoms with van der Waals surface area (Å²) in [5, 5.41) is 3.09. The Hall–Kier alpha value is -3.53. The third kappa shape index (κ3) is 4.58. The minimum absolute atomic E-state index is 0.0310. The summed E-state index contributed by atoms with van der Waals surface area (Å²) in [5.41, 5.74) is 3.44. The fourth-order valence-electron chi connectivity index (χ4n) is 3.78. The maximum Gasteiger partial charge on any atom is 0.243 e. The minimum atomic E-state index is -3.66. The van der Waals surface area contributed by atoms with Crippen LogP contribution in [-0.4, -0.2) is 56.3 Å². The first kappa shape index (κ1) is 22.3. The number of rotatable bonds is 7. The van der Waals surface area contributed by atoms with E-state index in [1.807, 2.05) is 48.5 Å². The second-order valence-corrected chi connectivity index (χ2v) is 9.82. The Morgan fingerprint density at radius 2 is 1.74 bits per heavy atom. The summed E-state index contributed by atoms with van der Waals surface area (Å²) < 4.78 is 38.2. The molecule has 0 amide bonds. The van der Waals surface area contributed by atoms with Crippen molar-refractivity contribution >= 4 is 32.6 Å². The van der Waals surface area contributed by atoms with Crippen molar-refractivity contribution < 1.29 is 22.4 Å². The van der Waals surface area contributed by atoms with Gasteiger partial charge in [0.05, 0.1) is 24.7 Å². The number of Topliss-reactive ketones (excluding diaryl/α,β-unsaturated/α-hetero) is 1. The molecule has 3 aromatic carbocycles. The highest BCUT2D eigenvalue weighted by Crippen LogP contribution is 2.25. The number of oxazole rings is 1. The van der Waals surface area contributed by atoms with E-state index in [9.17, 15) is 13.2 Å². The van der Waals surface area contributed by atoms with Crippen LogP contribution in [0.1, 0.15) is 10.4 Å². The number of carbonyl (C=O) groups is 1. The van der Waals surface area contributed by atoms with Gasteiger partial charge in [-0.2, -0.15) is 4.31 Å². The summed E-state index contributed by atoms with van der Waals surface area (Å²) in [6, 6.07) is 21.2. The number of ether oxygens (including phenoxy) is 1. The zero-order chi connectivity index (χ0) is 23.5. The van der Waals surface area contributed by atoms with Crippen LogP contribution in [0.5, 0.6) is 0 Å². The number of nitrogens with zero attached hydrogens (tertiary/aromatic N) is 2. The lowest BCUT2D eigenvalue weighted by atomic mass is 10.1. The van der Waals surface area contributed by atoms with Crippen molar-refractivity contribution in [3.8, 4) is 11.5 Å². The maximum atomic E-state index is 12.9. The monoisotopic (exact) mass is 477 g/mol. The molecule has 5 rings (SSSR count). The molecule has 1 fully saturated rings. The number of hydrogen-bond donors (Lipinski definition) is 1. The zero-order valence-corrected chi connectivity index (χ0v) is 19.1. The first-order valence-electron chi connectivity index (χ1n) is 10.9. The van der Waals surface area contributed by atoms with Gasteiger partial charge in [-0.15, -0.1) is 0 Å². The SMILES string of the molecule is O=C(CNc1ccc(-c2nc3ccccc3o2)cc1)c1cccc(S(=O)(=O)N2CCOCC2)c1. The lowest BCUT2D eigenvalue weighted by molar-refractivity contribution is 0.0730. The summed E-state index contributed by atoms with van der Waals surface area (Å²) in [4.78, 5) is 17.3. The van der Waals surface area contributed by atoms with Crippen molar-refractivity contribution in [2.24, 2.45) is 0 Å². The van der Waals surface area contributed by atoms with Crippen LogP contribution in [0.2, 0.25) is 0 Å². The second kappa shape index (κ2) is 9.38. The number of aromatic nitrogens is 1. The molecule has 9 heteroatoms. The number of sulfonamides is 1. The van der Waals surface area contributed by atoms with Crippen LogP contribution in [0.25, 0.3) is 22.6 Å². The Labute approximate surface area is 197 Å². The number of anilines is 1. The van der Waals surface area contributed by atoms with E-state index < -0.39 is 10.0 Å². The van der Waals surface area contributed by atoms with Crippen LogP contribution >= 0.6 is 0 Å². The molecule has 1 saturated heterocycles. The fourth-order valence-corrected chi connectivity index (χ4v) is 5.23. The Morgan fingerprint density at radius 1 is 0.971 bits per heavy atom. The quantitative estimate of drug-likeness (QED) is 0.404. The molecule has 0 bridgehead atoms. The van der Waals surface area contributed by atoms with Crippen LogP contribution in [-0.2, 0) is 14.8 Å². The van der Waals surface area contributed by atoms with Crippen LogP contribution in [0, 0.1) is 0 Å². The molecular formula is C25H23N3O5S. The Morgan fingerprint density at radius 3 is 2.50 bits per heavy atom. The van der Waals surface area contributed by atoms with Crippen LogP contribution < -0.4 is 5.32 Å². The van der Waals surface area contributed by atoms with Gasteiger partial charge in [-0.25, -0.2) is 13.4 Å². The van der Waals surface area contributed by atoms with Gasteiger partial charge in [0.2, 0.25) is 15.9 Å². The molecule has 0 spiro atoms. The molecule has 0 aliphatic carbocycles. The van der Waals surface area contributed by atoms with Crippen molar-refractivity contribution in [1.82, 2.24) is 9.29 Å².